The Kier molecular flexibility index (Phi) is 5.47. The minimum absolute atomic E-state index is 0.554. The highest BCUT2D eigenvalue weighted by Gasteiger charge is 2.18. The van der Waals surface area contributed by atoms with Crippen LogP contribution in [0.3, 0.4) is 0 Å². The predicted molar refractivity (Wildman–Crippen MR) is 69.7 cm³/mol. The first-order valence-corrected chi connectivity index (χ1v) is 6.62. The van der Waals surface area contributed by atoms with Gasteiger partial charge in [-0.15, -0.1) is 0 Å². The molecule has 2 unspecified atom stereocenters. The molecule has 4 heteroatoms. The quantitative estimate of drug-likeness (QED) is 0.779. The molecule has 0 amide bonds. The molecule has 1 heterocycles. The van der Waals surface area contributed by atoms with Gasteiger partial charge >= 0.3 is 0 Å². The fraction of sp³-hybridized carbons (Fsp3) is 0.909. The van der Waals surface area contributed by atoms with Crippen molar-refractivity contribution >= 4 is 16.9 Å². The topological polar surface area (TPSA) is 27.6 Å². The number of amidine groups is 1. The fourth-order valence-corrected chi connectivity index (χ4v) is 2.54. The maximum Gasteiger partial charge on any atom is 0.156 e. The molecule has 0 fully saturated rings. The van der Waals surface area contributed by atoms with Gasteiger partial charge in [-0.3, -0.25) is 4.99 Å². The van der Waals surface area contributed by atoms with Gasteiger partial charge < -0.3 is 10.2 Å². The zero-order valence-corrected chi connectivity index (χ0v) is 11.1. The average Bonchev–Trinajstić information content (AvgIpc) is 2.62. The first kappa shape index (κ1) is 12.8. The van der Waals surface area contributed by atoms with E-state index in [9.17, 15) is 0 Å². The van der Waals surface area contributed by atoms with Crippen molar-refractivity contribution in [1.82, 2.24) is 10.2 Å². The van der Waals surface area contributed by atoms with Gasteiger partial charge in [0.1, 0.15) is 0 Å². The Labute approximate surface area is 97.7 Å². The number of nitrogens with one attached hydrogen (secondary N) is 1. The highest BCUT2D eigenvalue weighted by molar-refractivity contribution is 8.14. The molecule has 1 aliphatic heterocycles. The SMILES string of the molecule is CCCC1CN=C(NCC(C)N(C)C)S1. The maximum absolute atomic E-state index is 4.52. The van der Waals surface area contributed by atoms with E-state index >= 15 is 0 Å². The number of aliphatic imine (C=N–C) groups is 1. The molecule has 0 aromatic rings. The summed E-state index contributed by atoms with van der Waals surface area (Å²) in [5, 5.41) is 5.28. The Morgan fingerprint density at radius 2 is 2.33 bits per heavy atom. The third-order valence-corrected chi connectivity index (χ3v) is 3.97. The van der Waals surface area contributed by atoms with Crippen molar-refractivity contribution in [2.45, 2.75) is 38.0 Å². The summed E-state index contributed by atoms with van der Waals surface area (Å²) >= 11 is 1.91. The van der Waals surface area contributed by atoms with E-state index in [1.54, 1.807) is 0 Å². The third kappa shape index (κ3) is 4.43. The molecule has 15 heavy (non-hydrogen) atoms. The summed E-state index contributed by atoms with van der Waals surface area (Å²) in [6, 6.07) is 0.554. The van der Waals surface area contributed by atoms with E-state index in [2.05, 4.69) is 43.2 Å². The molecule has 0 aromatic carbocycles. The second kappa shape index (κ2) is 6.38. The zero-order chi connectivity index (χ0) is 11.3. The van der Waals surface area contributed by atoms with E-state index in [-0.39, 0.29) is 0 Å². The Morgan fingerprint density at radius 3 is 2.93 bits per heavy atom. The maximum atomic E-state index is 4.52. The van der Waals surface area contributed by atoms with Crippen molar-refractivity contribution < 1.29 is 0 Å². The monoisotopic (exact) mass is 229 g/mol. The summed E-state index contributed by atoms with van der Waals surface area (Å²) in [5.41, 5.74) is 0. The van der Waals surface area contributed by atoms with Crippen LogP contribution in [0.4, 0.5) is 0 Å². The lowest BCUT2D eigenvalue weighted by atomic mass is 10.2. The van der Waals surface area contributed by atoms with Crippen LogP contribution in [0.25, 0.3) is 0 Å². The number of rotatable bonds is 5. The van der Waals surface area contributed by atoms with Gasteiger partial charge in [-0.05, 0) is 27.4 Å². The van der Waals surface area contributed by atoms with Crippen LogP contribution in [0.2, 0.25) is 0 Å². The van der Waals surface area contributed by atoms with Crippen molar-refractivity contribution in [2.24, 2.45) is 4.99 Å². The van der Waals surface area contributed by atoms with Crippen LogP contribution in [-0.2, 0) is 0 Å². The Morgan fingerprint density at radius 1 is 1.60 bits per heavy atom. The van der Waals surface area contributed by atoms with E-state index in [0.29, 0.717) is 11.3 Å². The number of hydrogen-bond donors (Lipinski definition) is 1. The van der Waals surface area contributed by atoms with Crippen molar-refractivity contribution in [3.8, 4) is 0 Å². The van der Waals surface area contributed by atoms with Gasteiger partial charge in [-0.25, -0.2) is 0 Å². The average molecular weight is 229 g/mol. The molecule has 88 valence electrons. The van der Waals surface area contributed by atoms with Crippen LogP contribution in [0, 0.1) is 0 Å². The van der Waals surface area contributed by atoms with Gasteiger partial charge in [0.15, 0.2) is 5.17 Å². The Bertz CT molecular complexity index is 216. The molecule has 2 atom stereocenters. The van der Waals surface area contributed by atoms with Crippen LogP contribution in [0.1, 0.15) is 26.7 Å². The molecule has 0 aliphatic carbocycles. The molecule has 0 bridgehead atoms. The van der Waals surface area contributed by atoms with Gasteiger partial charge in [-0.1, -0.05) is 25.1 Å². The summed E-state index contributed by atoms with van der Waals surface area (Å²) in [6.45, 7) is 6.44. The molecular formula is C11H23N3S. The standard InChI is InChI=1S/C11H23N3S/c1-5-6-10-8-13-11(15-10)12-7-9(2)14(3)4/h9-10H,5-8H2,1-4H3,(H,12,13). The van der Waals surface area contributed by atoms with E-state index in [1.807, 2.05) is 11.8 Å². The third-order valence-electron chi connectivity index (χ3n) is 2.76. The first-order chi connectivity index (χ1) is 7.13. The van der Waals surface area contributed by atoms with E-state index in [0.717, 1.165) is 18.3 Å². The fourth-order valence-electron chi connectivity index (χ4n) is 1.40. The first-order valence-electron chi connectivity index (χ1n) is 5.75. The van der Waals surface area contributed by atoms with Gasteiger partial charge in [-0.2, -0.15) is 0 Å². The molecular weight excluding hydrogens is 206 g/mol. The summed E-state index contributed by atoms with van der Waals surface area (Å²) in [6.07, 6.45) is 2.54. The zero-order valence-electron chi connectivity index (χ0n) is 10.3. The van der Waals surface area contributed by atoms with Crippen LogP contribution < -0.4 is 5.32 Å². The van der Waals surface area contributed by atoms with Crippen LogP contribution >= 0.6 is 11.8 Å². The minimum atomic E-state index is 0.554. The number of thioether (sulfide) groups is 1. The molecule has 0 saturated heterocycles. The molecule has 0 saturated carbocycles. The number of nitrogens with zero attached hydrogens (tertiary/aromatic N) is 2. The predicted octanol–water partition coefficient (Wildman–Crippen LogP) is 1.80. The van der Waals surface area contributed by atoms with E-state index in [4.69, 9.17) is 0 Å². The Hall–Kier alpha value is -0.220. The van der Waals surface area contributed by atoms with Gasteiger partial charge in [0.05, 0.1) is 6.54 Å². The summed E-state index contributed by atoms with van der Waals surface area (Å²) in [7, 11) is 4.21. The van der Waals surface area contributed by atoms with Gasteiger partial charge in [0.2, 0.25) is 0 Å². The van der Waals surface area contributed by atoms with Gasteiger partial charge in [0, 0.05) is 17.8 Å². The van der Waals surface area contributed by atoms with E-state index < -0.39 is 0 Å². The van der Waals surface area contributed by atoms with E-state index in [1.165, 1.54) is 12.8 Å². The largest absolute Gasteiger partial charge is 0.363 e. The number of likely N-dealkylation sites (N-methyl/N-ethyl adjacent to an activating group) is 1. The summed E-state index contributed by atoms with van der Waals surface area (Å²) in [5.74, 6) is 0. The van der Waals surface area contributed by atoms with Crippen molar-refractivity contribution in [1.29, 1.82) is 0 Å². The lowest BCUT2D eigenvalue weighted by molar-refractivity contribution is 0.313. The molecule has 1 N–H and O–H groups in total. The molecule has 1 rings (SSSR count). The molecule has 1 aliphatic rings. The molecule has 0 spiro atoms. The summed E-state index contributed by atoms with van der Waals surface area (Å²) < 4.78 is 0. The van der Waals surface area contributed by atoms with Gasteiger partial charge in [0.25, 0.3) is 0 Å². The highest BCUT2D eigenvalue weighted by atomic mass is 32.2. The second-order valence-corrected chi connectivity index (χ2v) is 5.66. The number of hydrogen-bond acceptors (Lipinski definition) is 4. The van der Waals surface area contributed by atoms with Crippen LogP contribution in [0.5, 0.6) is 0 Å². The molecule has 0 aromatic heterocycles. The smallest absolute Gasteiger partial charge is 0.156 e. The molecule has 3 nitrogen and oxygen atoms in total. The van der Waals surface area contributed by atoms with Crippen LogP contribution in [-0.4, -0.2) is 48.5 Å². The second-order valence-electron chi connectivity index (χ2n) is 4.37. The lowest BCUT2D eigenvalue weighted by Gasteiger charge is -2.20. The lowest BCUT2D eigenvalue weighted by Crippen LogP contribution is -2.37. The normalized spacial score (nSPS) is 23.0. The van der Waals surface area contributed by atoms with Crippen molar-refractivity contribution in [2.75, 3.05) is 27.2 Å². The Balaban J connectivity index is 2.19. The van der Waals surface area contributed by atoms with Crippen LogP contribution in [0.15, 0.2) is 4.99 Å². The van der Waals surface area contributed by atoms with Crippen molar-refractivity contribution in [3.63, 3.8) is 0 Å². The molecule has 0 radical (unpaired) electrons. The minimum Gasteiger partial charge on any atom is -0.363 e. The highest BCUT2D eigenvalue weighted by Crippen LogP contribution is 2.23. The summed E-state index contributed by atoms with van der Waals surface area (Å²) in [4.78, 5) is 6.74. The van der Waals surface area contributed by atoms with Crippen molar-refractivity contribution in [3.05, 3.63) is 0 Å².